The van der Waals surface area contributed by atoms with E-state index < -0.39 is 11.7 Å². The number of hydrogen-bond acceptors (Lipinski definition) is 2. The van der Waals surface area contributed by atoms with E-state index in [1.54, 1.807) is 0 Å². The lowest BCUT2D eigenvalue weighted by molar-refractivity contribution is -0.153. The molecule has 2 heteroatoms. The second-order valence-corrected chi connectivity index (χ2v) is 7.79. The van der Waals surface area contributed by atoms with Gasteiger partial charge in [0.1, 0.15) is 0 Å². The summed E-state index contributed by atoms with van der Waals surface area (Å²) in [5, 5.41) is 21.0. The third kappa shape index (κ3) is 1.19. The molecule has 98 valence electrons. The smallest absolute Gasteiger partial charge is 0.0911 e. The van der Waals surface area contributed by atoms with Crippen LogP contribution in [0.4, 0.5) is 0 Å². The molecule has 3 saturated carbocycles. The Morgan fingerprint density at radius 2 is 1.65 bits per heavy atom. The first-order chi connectivity index (χ1) is 7.73. The molecule has 3 rings (SSSR count). The Bertz CT molecular complexity index is 347. The van der Waals surface area contributed by atoms with Crippen LogP contribution in [0.3, 0.4) is 0 Å². The second kappa shape index (κ2) is 3.08. The fourth-order valence-corrected chi connectivity index (χ4v) is 5.86. The largest absolute Gasteiger partial charge is 0.390 e. The van der Waals surface area contributed by atoms with Gasteiger partial charge >= 0.3 is 0 Å². The summed E-state index contributed by atoms with van der Waals surface area (Å²) in [6.07, 6.45) is 3.98. The Morgan fingerprint density at radius 1 is 1.00 bits per heavy atom. The highest BCUT2D eigenvalue weighted by molar-refractivity contribution is 5.19. The van der Waals surface area contributed by atoms with Gasteiger partial charge in [0, 0.05) is 0 Å². The number of hydrogen-bond donors (Lipinski definition) is 2. The summed E-state index contributed by atoms with van der Waals surface area (Å²) in [6.45, 7) is 8.83. The zero-order valence-corrected chi connectivity index (χ0v) is 11.5. The fraction of sp³-hybridized carbons (Fsp3) is 1.00. The molecule has 3 aliphatic carbocycles. The van der Waals surface area contributed by atoms with E-state index in [2.05, 4.69) is 20.8 Å². The Hall–Kier alpha value is -0.0800. The molecule has 0 aromatic rings. The first-order valence-electron chi connectivity index (χ1n) is 7.13. The average Bonchev–Trinajstić information content (AvgIpc) is 2.61. The van der Waals surface area contributed by atoms with Crippen LogP contribution in [-0.2, 0) is 0 Å². The Morgan fingerprint density at radius 3 is 2.29 bits per heavy atom. The summed E-state index contributed by atoms with van der Waals surface area (Å²) in [6, 6.07) is 0. The molecule has 0 radical (unpaired) electrons. The third-order valence-electron chi connectivity index (χ3n) is 6.90. The molecule has 3 fully saturated rings. The quantitative estimate of drug-likeness (QED) is 0.681. The van der Waals surface area contributed by atoms with Crippen molar-refractivity contribution < 1.29 is 10.2 Å². The van der Waals surface area contributed by atoms with Crippen molar-refractivity contribution in [2.24, 2.45) is 28.6 Å². The number of aliphatic hydroxyl groups excluding tert-OH is 1. The Labute approximate surface area is 104 Å². The van der Waals surface area contributed by atoms with E-state index in [1.165, 1.54) is 12.8 Å². The highest BCUT2D eigenvalue weighted by atomic mass is 16.3. The maximum absolute atomic E-state index is 10.7. The monoisotopic (exact) mass is 238 g/mol. The normalized spacial score (nSPS) is 60.4. The Balaban J connectivity index is 2.10. The van der Waals surface area contributed by atoms with Crippen LogP contribution >= 0.6 is 0 Å². The van der Waals surface area contributed by atoms with Crippen molar-refractivity contribution >= 4 is 0 Å². The number of aliphatic hydroxyl groups is 2. The fourth-order valence-electron chi connectivity index (χ4n) is 5.86. The predicted octanol–water partition coefficient (Wildman–Crippen LogP) is 2.58. The van der Waals surface area contributed by atoms with Crippen LogP contribution in [0, 0.1) is 28.6 Å². The summed E-state index contributed by atoms with van der Waals surface area (Å²) in [5.74, 6) is 1.66. The maximum atomic E-state index is 10.7. The molecule has 2 nitrogen and oxygen atoms in total. The molecule has 0 aromatic heterocycles. The molecular formula is C15H26O2. The van der Waals surface area contributed by atoms with Gasteiger partial charge in [0.25, 0.3) is 0 Å². The SMILES string of the molecule is C[C@@H]1CC[C@H]2C(C)(C)[C@H]3C[C@]12CC(O)C3(C)O. The van der Waals surface area contributed by atoms with E-state index in [1.807, 2.05) is 6.92 Å². The lowest BCUT2D eigenvalue weighted by atomic mass is 9.63. The van der Waals surface area contributed by atoms with Gasteiger partial charge in [-0.05, 0) is 61.2 Å². The molecule has 2 N–H and O–H groups in total. The molecule has 17 heavy (non-hydrogen) atoms. The minimum atomic E-state index is -0.890. The zero-order chi connectivity index (χ0) is 12.6. The van der Waals surface area contributed by atoms with Gasteiger partial charge in [-0.25, -0.2) is 0 Å². The van der Waals surface area contributed by atoms with E-state index in [0.717, 1.165) is 12.8 Å². The van der Waals surface area contributed by atoms with Crippen molar-refractivity contribution in [2.75, 3.05) is 0 Å². The molecule has 0 saturated heterocycles. The van der Waals surface area contributed by atoms with Crippen LogP contribution in [0.2, 0.25) is 0 Å². The molecule has 0 aromatic carbocycles. The molecular weight excluding hydrogens is 212 g/mol. The standard InChI is InChI=1S/C15H26O2/c1-9-5-6-10-13(2,3)11-7-15(9,10)8-12(16)14(11,4)17/h9-12,16-17H,5-8H2,1-4H3/t9-,10+,11-,12?,14?,15+/m1/s1. The van der Waals surface area contributed by atoms with E-state index in [9.17, 15) is 10.2 Å². The molecule has 3 aliphatic rings. The highest BCUT2D eigenvalue weighted by Crippen LogP contribution is 2.73. The first-order valence-corrected chi connectivity index (χ1v) is 7.13. The Kier molecular flexibility index (Phi) is 2.17. The van der Waals surface area contributed by atoms with Crippen molar-refractivity contribution in [3.63, 3.8) is 0 Å². The molecule has 2 unspecified atom stereocenters. The summed E-state index contributed by atoms with van der Waals surface area (Å²) in [4.78, 5) is 0. The summed E-state index contributed by atoms with van der Waals surface area (Å²) in [5.41, 5.74) is -0.402. The summed E-state index contributed by atoms with van der Waals surface area (Å²) < 4.78 is 0. The van der Waals surface area contributed by atoms with Gasteiger partial charge in [0.05, 0.1) is 11.7 Å². The average molecular weight is 238 g/mol. The van der Waals surface area contributed by atoms with Crippen molar-refractivity contribution in [2.45, 2.75) is 65.1 Å². The number of rotatable bonds is 0. The van der Waals surface area contributed by atoms with E-state index in [4.69, 9.17) is 0 Å². The van der Waals surface area contributed by atoms with Crippen LogP contribution in [0.5, 0.6) is 0 Å². The van der Waals surface area contributed by atoms with Gasteiger partial charge in [-0.2, -0.15) is 0 Å². The van der Waals surface area contributed by atoms with E-state index >= 15 is 0 Å². The molecule has 1 spiro atoms. The predicted molar refractivity (Wildman–Crippen MR) is 67.5 cm³/mol. The maximum Gasteiger partial charge on any atom is 0.0911 e. The van der Waals surface area contributed by atoms with Crippen molar-refractivity contribution in [1.82, 2.24) is 0 Å². The van der Waals surface area contributed by atoms with Gasteiger partial charge in [0.2, 0.25) is 0 Å². The molecule has 0 heterocycles. The topological polar surface area (TPSA) is 40.5 Å². The zero-order valence-electron chi connectivity index (χ0n) is 11.5. The van der Waals surface area contributed by atoms with E-state index in [0.29, 0.717) is 17.3 Å². The van der Waals surface area contributed by atoms with Gasteiger partial charge < -0.3 is 10.2 Å². The highest BCUT2D eigenvalue weighted by Gasteiger charge is 2.70. The lowest BCUT2D eigenvalue weighted by Crippen LogP contribution is -2.53. The minimum absolute atomic E-state index is 0.172. The van der Waals surface area contributed by atoms with Crippen LogP contribution in [0.15, 0.2) is 0 Å². The lowest BCUT2D eigenvalue weighted by Gasteiger charge is -2.47. The molecule has 0 amide bonds. The number of fused-ring (bicyclic) bond motifs is 1. The van der Waals surface area contributed by atoms with Crippen LogP contribution in [0.25, 0.3) is 0 Å². The second-order valence-electron chi connectivity index (χ2n) is 7.79. The van der Waals surface area contributed by atoms with Gasteiger partial charge in [-0.1, -0.05) is 20.8 Å². The van der Waals surface area contributed by atoms with Crippen LogP contribution < -0.4 is 0 Å². The van der Waals surface area contributed by atoms with Gasteiger partial charge in [0.15, 0.2) is 0 Å². The van der Waals surface area contributed by atoms with Crippen molar-refractivity contribution in [3.8, 4) is 0 Å². The van der Waals surface area contributed by atoms with Crippen LogP contribution in [-0.4, -0.2) is 21.9 Å². The van der Waals surface area contributed by atoms with Crippen molar-refractivity contribution in [1.29, 1.82) is 0 Å². The first kappa shape index (κ1) is 12.0. The third-order valence-corrected chi connectivity index (χ3v) is 6.90. The summed E-state index contributed by atoms with van der Waals surface area (Å²) >= 11 is 0. The summed E-state index contributed by atoms with van der Waals surface area (Å²) in [7, 11) is 0. The molecule has 6 atom stereocenters. The minimum Gasteiger partial charge on any atom is -0.390 e. The van der Waals surface area contributed by atoms with Crippen molar-refractivity contribution in [3.05, 3.63) is 0 Å². The van der Waals surface area contributed by atoms with Crippen LogP contribution in [0.1, 0.15) is 53.4 Å². The van der Waals surface area contributed by atoms with Gasteiger partial charge in [-0.3, -0.25) is 0 Å². The van der Waals surface area contributed by atoms with E-state index in [-0.39, 0.29) is 11.3 Å². The molecule has 0 aliphatic heterocycles. The van der Waals surface area contributed by atoms with Gasteiger partial charge in [-0.15, -0.1) is 0 Å². The molecule has 2 bridgehead atoms.